The second-order valence-electron chi connectivity index (χ2n) is 5.10. The highest BCUT2D eigenvalue weighted by atomic mass is 16.2. The van der Waals surface area contributed by atoms with Crippen molar-refractivity contribution in [2.45, 2.75) is 6.54 Å². The van der Waals surface area contributed by atoms with E-state index in [0.717, 1.165) is 11.3 Å². The summed E-state index contributed by atoms with van der Waals surface area (Å²) in [5.74, 6) is -0.0586. The molecule has 0 aliphatic rings. The average molecular weight is 304 g/mol. The summed E-state index contributed by atoms with van der Waals surface area (Å²) in [6.07, 6.45) is 0. The van der Waals surface area contributed by atoms with Crippen LogP contribution in [0.5, 0.6) is 0 Å². The second kappa shape index (κ2) is 7.63. The molecule has 2 aromatic rings. The van der Waals surface area contributed by atoms with Crippen molar-refractivity contribution in [1.82, 2.24) is 4.90 Å². The average Bonchev–Trinajstić information content (AvgIpc) is 2.60. The van der Waals surface area contributed by atoms with Gasteiger partial charge in [0, 0.05) is 19.3 Å². The van der Waals surface area contributed by atoms with Crippen LogP contribution in [0, 0.1) is 22.7 Å². The smallest absolute Gasteiger partial charge is 0.241 e. The van der Waals surface area contributed by atoms with Gasteiger partial charge in [0.1, 0.15) is 0 Å². The maximum absolute atomic E-state index is 12.1. The van der Waals surface area contributed by atoms with Gasteiger partial charge in [0.05, 0.1) is 29.8 Å². The normalized spacial score (nSPS) is 9.52. The highest BCUT2D eigenvalue weighted by Crippen LogP contribution is 2.10. The zero-order valence-corrected chi connectivity index (χ0v) is 12.8. The Hall–Kier alpha value is -3.31. The molecule has 0 aliphatic carbocycles. The van der Waals surface area contributed by atoms with Gasteiger partial charge in [-0.3, -0.25) is 4.79 Å². The summed E-state index contributed by atoms with van der Waals surface area (Å²) >= 11 is 0. The van der Waals surface area contributed by atoms with E-state index in [1.807, 2.05) is 12.1 Å². The minimum atomic E-state index is -0.0586. The van der Waals surface area contributed by atoms with E-state index in [4.69, 9.17) is 10.5 Å². The van der Waals surface area contributed by atoms with Crippen molar-refractivity contribution >= 4 is 11.6 Å². The minimum Gasteiger partial charge on any atom is -0.376 e. The fourth-order valence-corrected chi connectivity index (χ4v) is 2.08. The molecule has 0 atom stereocenters. The van der Waals surface area contributed by atoms with Gasteiger partial charge in [-0.25, -0.2) is 0 Å². The predicted molar refractivity (Wildman–Crippen MR) is 87.3 cm³/mol. The third kappa shape index (κ3) is 4.59. The maximum atomic E-state index is 12.1. The van der Waals surface area contributed by atoms with Gasteiger partial charge in [0.2, 0.25) is 5.91 Å². The molecule has 114 valence electrons. The van der Waals surface area contributed by atoms with E-state index in [1.54, 1.807) is 54.4 Å². The summed E-state index contributed by atoms with van der Waals surface area (Å²) in [5, 5.41) is 20.7. The van der Waals surface area contributed by atoms with Crippen LogP contribution in [0.1, 0.15) is 16.7 Å². The van der Waals surface area contributed by atoms with E-state index in [1.165, 1.54) is 0 Å². The van der Waals surface area contributed by atoms with Crippen LogP contribution in [0.3, 0.4) is 0 Å². The van der Waals surface area contributed by atoms with Crippen molar-refractivity contribution in [2.24, 2.45) is 0 Å². The lowest BCUT2D eigenvalue weighted by molar-refractivity contribution is -0.128. The maximum Gasteiger partial charge on any atom is 0.241 e. The zero-order valence-electron chi connectivity index (χ0n) is 12.8. The van der Waals surface area contributed by atoms with Crippen molar-refractivity contribution in [2.75, 3.05) is 18.9 Å². The molecule has 0 aliphatic heterocycles. The zero-order chi connectivity index (χ0) is 16.7. The molecule has 5 nitrogen and oxygen atoms in total. The molecular weight excluding hydrogens is 288 g/mol. The van der Waals surface area contributed by atoms with Crippen LogP contribution in [0.2, 0.25) is 0 Å². The predicted octanol–water partition coefficient (Wildman–Crippen LogP) is 2.50. The molecule has 0 heterocycles. The first-order valence-electron chi connectivity index (χ1n) is 7.09. The minimum absolute atomic E-state index is 0.0586. The first kappa shape index (κ1) is 16.1. The van der Waals surface area contributed by atoms with Crippen LogP contribution in [0.4, 0.5) is 5.69 Å². The van der Waals surface area contributed by atoms with Crippen molar-refractivity contribution in [3.63, 3.8) is 0 Å². The third-order valence-corrected chi connectivity index (χ3v) is 3.36. The van der Waals surface area contributed by atoms with E-state index >= 15 is 0 Å². The molecule has 0 saturated carbocycles. The summed E-state index contributed by atoms with van der Waals surface area (Å²) < 4.78 is 0. The van der Waals surface area contributed by atoms with E-state index in [9.17, 15) is 4.79 Å². The van der Waals surface area contributed by atoms with Crippen LogP contribution < -0.4 is 5.32 Å². The molecule has 2 rings (SSSR count). The number of amides is 1. The number of carbonyl (C=O) groups excluding carboxylic acids is 1. The Morgan fingerprint density at radius 2 is 1.78 bits per heavy atom. The molecule has 0 aromatic heterocycles. The Morgan fingerprint density at radius 1 is 1.09 bits per heavy atom. The number of benzene rings is 2. The molecule has 0 bridgehead atoms. The van der Waals surface area contributed by atoms with E-state index in [-0.39, 0.29) is 12.5 Å². The lowest BCUT2D eigenvalue weighted by Crippen LogP contribution is -2.31. The van der Waals surface area contributed by atoms with Crippen molar-refractivity contribution in [3.8, 4) is 12.1 Å². The van der Waals surface area contributed by atoms with E-state index < -0.39 is 0 Å². The Balaban J connectivity index is 1.89. The molecular formula is C18H16N4O. The number of anilines is 1. The summed E-state index contributed by atoms with van der Waals surface area (Å²) in [5.41, 5.74) is 2.87. The fourth-order valence-electron chi connectivity index (χ4n) is 2.08. The Kier molecular flexibility index (Phi) is 5.33. The molecule has 1 amide bonds. The van der Waals surface area contributed by atoms with Crippen LogP contribution in [0.15, 0.2) is 48.5 Å². The lowest BCUT2D eigenvalue weighted by Gasteiger charge is -2.18. The first-order chi connectivity index (χ1) is 11.1. The lowest BCUT2D eigenvalue weighted by atomic mass is 10.1. The summed E-state index contributed by atoms with van der Waals surface area (Å²) in [7, 11) is 1.72. The Bertz CT molecular complexity index is 769. The number of nitrogens with one attached hydrogen (secondary N) is 1. The van der Waals surface area contributed by atoms with Gasteiger partial charge in [-0.15, -0.1) is 0 Å². The molecule has 23 heavy (non-hydrogen) atoms. The monoisotopic (exact) mass is 304 g/mol. The Labute approximate surface area is 135 Å². The van der Waals surface area contributed by atoms with Crippen LogP contribution in [0.25, 0.3) is 0 Å². The summed E-state index contributed by atoms with van der Waals surface area (Å²) in [6, 6.07) is 18.3. The van der Waals surface area contributed by atoms with Gasteiger partial charge in [0.15, 0.2) is 0 Å². The van der Waals surface area contributed by atoms with Gasteiger partial charge >= 0.3 is 0 Å². The summed E-state index contributed by atoms with van der Waals surface area (Å²) in [6.45, 7) is 0.615. The Morgan fingerprint density at radius 3 is 2.43 bits per heavy atom. The van der Waals surface area contributed by atoms with Crippen LogP contribution >= 0.6 is 0 Å². The molecule has 2 aromatic carbocycles. The van der Waals surface area contributed by atoms with E-state index in [0.29, 0.717) is 17.7 Å². The van der Waals surface area contributed by atoms with Gasteiger partial charge in [-0.05, 0) is 42.0 Å². The molecule has 0 saturated heterocycles. The van der Waals surface area contributed by atoms with Gasteiger partial charge in [-0.2, -0.15) is 10.5 Å². The second-order valence-corrected chi connectivity index (χ2v) is 5.10. The van der Waals surface area contributed by atoms with Crippen LogP contribution in [-0.2, 0) is 11.3 Å². The highest BCUT2D eigenvalue weighted by Gasteiger charge is 2.09. The van der Waals surface area contributed by atoms with E-state index in [2.05, 4.69) is 11.4 Å². The number of hydrogen-bond acceptors (Lipinski definition) is 4. The van der Waals surface area contributed by atoms with Gasteiger partial charge < -0.3 is 10.2 Å². The number of carbonyl (C=O) groups is 1. The molecule has 0 fully saturated rings. The molecule has 0 spiro atoms. The largest absolute Gasteiger partial charge is 0.376 e. The SMILES string of the molecule is CN(Cc1cccc(C#N)c1)C(=O)CNc1ccc(C#N)cc1. The number of nitriles is 2. The molecule has 0 unspecified atom stereocenters. The van der Waals surface area contributed by atoms with Gasteiger partial charge in [-0.1, -0.05) is 12.1 Å². The number of rotatable bonds is 5. The first-order valence-corrected chi connectivity index (χ1v) is 7.09. The quantitative estimate of drug-likeness (QED) is 0.920. The topological polar surface area (TPSA) is 79.9 Å². The highest BCUT2D eigenvalue weighted by molar-refractivity contribution is 5.80. The van der Waals surface area contributed by atoms with Gasteiger partial charge in [0.25, 0.3) is 0 Å². The number of hydrogen-bond donors (Lipinski definition) is 1. The standard InChI is InChI=1S/C18H16N4O/c1-22(13-16-4-2-3-15(9-16)11-20)18(23)12-21-17-7-5-14(10-19)6-8-17/h2-9,21H,12-13H2,1H3. The fraction of sp³-hybridized carbons (Fsp3) is 0.167. The molecule has 1 N–H and O–H groups in total. The van der Waals surface area contributed by atoms with Crippen LogP contribution in [-0.4, -0.2) is 24.4 Å². The van der Waals surface area contributed by atoms with Crippen molar-refractivity contribution in [1.29, 1.82) is 10.5 Å². The summed E-state index contributed by atoms with van der Waals surface area (Å²) in [4.78, 5) is 13.7. The third-order valence-electron chi connectivity index (χ3n) is 3.36. The number of likely N-dealkylation sites (N-methyl/N-ethyl adjacent to an activating group) is 1. The van der Waals surface area contributed by atoms with Crippen molar-refractivity contribution in [3.05, 3.63) is 65.2 Å². The molecule has 5 heteroatoms. The van der Waals surface area contributed by atoms with Crippen molar-refractivity contribution < 1.29 is 4.79 Å². The molecule has 0 radical (unpaired) electrons. The number of nitrogens with zero attached hydrogens (tertiary/aromatic N) is 3.